The molecule has 3 fully saturated rings. The molecule has 3 heterocycles. The van der Waals surface area contributed by atoms with Crippen LogP contribution < -0.4 is 21.3 Å². The van der Waals surface area contributed by atoms with Gasteiger partial charge in [-0.1, -0.05) is 13.3 Å². The first-order valence-electron chi connectivity index (χ1n) is 13.2. The van der Waals surface area contributed by atoms with Crippen molar-refractivity contribution in [2.24, 2.45) is 11.7 Å². The zero-order valence-electron chi connectivity index (χ0n) is 20.8. The smallest absolute Gasteiger partial charge is 0.251 e. The van der Waals surface area contributed by atoms with E-state index >= 15 is 0 Å². The number of amides is 2. The minimum atomic E-state index is -0.511. The fourth-order valence-electron chi connectivity index (χ4n) is 5.65. The average molecular weight is 490 g/mol. The molecular formula is C28H35N5O3. The molecule has 2 saturated heterocycles. The second-order valence-electron chi connectivity index (χ2n) is 10.4. The van der Waals surface area contributed by atoms with Gasteiger partial charge in [-0.15, -0.1) is 0 Å². The van der Waals surface area contributed by atoms with Crippen LogP contribution >= 0.6 is 0 Å². The number of anilines is 2. The van der Waals surface area contributed by atoms with Crippen LogP contribution in [0.1, 0.15) is 89.4 Å². The number of carbonyl (C=O) groups excluding carboxylic acids is 3. The van der Waals surface area contributed by atoms with Crippen molar-refractivity contribution in [2.75, 3.05) is 16.8 Å². The minimum absolute atomic E-state index is 0.0780. The Balaban J connectivity index is 1.23. The molecule has 5 rings (SSSR count). The Hall–Kier alpha value is -3.42. The fraction of sp³-hybridized carbons (Fsp3) is 0.500. The lowest BCUT2D eigenvalue weighted by Crippen LogP contribution is -2.50. The van der Waals surface area contributed by atoms with Gasteiger partial charge in [-0.25, -0.2) is 4.98 Å². The van der Waals surface area contributed by atoms with Crippen LogP contribution in [0.5, 0.6) is 0 Å². The first-order valence-corrected chi connectivity index (χ1v) is 13.2. The molecule has 3 aliphatic rings. The van der Waals surface area contributed by atoms with Gasteiger partial charge in [-0.05, 0) is 75.3 Å². The first-order chi connectivity index (χ1) is 17.4. The zero-order valence-corrected chi connectivity index (χ0v) is 20.8. The van der Waals surface area contributed by atoms with Gasteiger partial charge in [0.1, 0.15) is 5.82 Å². The number of piperidine rings is 1. The number of primary amides is 1. The number of pyridine rings is 1. The predicted octanol–water partition coefficient (Wildman–Crippen LogP) is 3.92. The Morgan fingerprint density at radius 3 is 2.36 bits per heavy atom. The van der Waals surface area contributed by atoms with Crippen molar-refractivity contribution < 1.29 is 14.4 Å². The highest BCUT2D eigenvalue weighted by Gasteiger charge is 2.42. The molecule has 1 aromatic heterocycles. The molecule has 190 valence electrons. The second kappa shape index (κ2) is 10.3. The lowest BCUT2D eigenvalue weighted by atomic mass is 9.96. The lowest BCUT2D eigenvalue weighted by molar-refractivity contribution is 0.0924. The molecule has 2 aromatic rings. The van der Waals surface area contributed by atoms with Gasteiger partial charge in [-0.3, -0.25) is 14.4 Å². The van der Waals surface area contributed by atoms with Crippen molar-refractivity contribution >= 4 is 29.1 Å². The molecule has 1 saturated carbocycles. The minimum Gasteiger partial charge on any atom is -0.384 e. The van der Waals surface area contributed by atoms with E-state index in [1.807, 2.05) is 12.1 Å². The number of ketones is 1. The third-order valence-electron chi connectivity index (χ3n) is 7.71. The monoisotopic (exact) mass is 489 g/mol. The Kier molecular flexibility index (Phi) is 6.94. The van der Waals surface area contributed by atoms with Crippen LogP contribution in [0.15, 0.2) is 36.5 Å². The predicted molar refractivity (Wildman–Crippen MR) is 139 cm³/mol. The molecule has 36 heavy (non-hydrogen) atoms. The third-order valence-corrected chi connectivity index (χ3v) is 7.71. The molecule has 0 radical (unpaired) electrons. The van der Waals surface area contributed by atoms with Crippen LogP contribution in [0.25, 0.3) is 0 Å². The van der Waals surface area contributed by atoms with Gasteiger partial charge in [0, 0.05) is 53.6 Å². The van der Waals surface area contributed by atoms with Crippen molar-refractivity contribution in [1.82, 2.24) is 10.3 Å². The quantitative estimate of drug-likeness (QED) is 0.344. The third kappa shape index (κ3) is 5.08. The summed E-state index contributed by atoms with van der Waals surface area (Å²) in [6, 6.07) is 9.62. The highest BCUT2D eigenvalue weighted by atomic mass is 16.2. The maximum absolute atomic E-state index is 13.1. The molecule has 3 atom stereocenters. The maximum atomic E-state index is 13.1. The molecule has 2 bridgehead atoms. The number of hydrogen-bond acceptors (Lipinski definition) is 6. The molecule has 8 nitrogen and oxygen atoms in total. The first kappa shape index (κ1) is 24.3. The van der Waals surface area contributed by atoms with E-state index in [-0.39, 0.29) is 23.7 Å². The van der Waals surface area contributed by atoms with E-state index in [0.29, 0.717) is 41.0 Å². The molecule has 1 aliphatic carbocycles. The topological polar surface area (TPSA) is 117 Å². The summed E-state index contributed by atoms with van der Waals surface area (Å²) >= 11 is 0. The van der Waals surface area contributed by atoms with Crippen LogP contribution in [0.3, 0.4) is 0 Å². The molecule has 0 spiro atoms. The van der Waals surface area contributed by atoms with Gasteiger partial charge in [0.25, 0.3) is 11.8 Å². The number of aromatic nitrogens is 1. The van der Waals surface area contributed by atoms with Crippen LogP contribution in [-0.4, -0.2) is 47.3 Å². The van der Waals surface area contributed by atoms with E-state index in [1.165, 1.54) is 0 Å². The second-order valence-corrected chi connectivity index (χ2v) is 10.4. The van der Waals surface area contributed by atoms with Gasteiger partial charge in [0.2, 0.25) is 0 Å². The van der Waals surface area contributed by atoms with Crippen LogP contribution in [-0.2, 0) is 0 Å². The van der Waals surface area contributed by atoms with Gasteiger partial charge >= 0.3 is 0 Å². The molecule has 4 N–H and O–H groups in total. The van der Waals surface area contributed by atoms with E-state index in [0.717, 1.165) is 57.2 Å². The number of nitrogens with two attached hydrogens (primary N) is 1. The average Bonchev–Trinajstić information content (AvgIpc) is 3.69. The summed E-state index contributed by atoms with van der Waals surface area (Å²) in [5.74, 6) is 0.686. The number of rotatable bonds is 10. The van der Waals surface area contributed by atoms with Crippen LogP contribution in [0, 0.1) is 5.92 Å². The summed E-state index contributed by atoms with van der Waals surface area (Å²) in [6.45, 7) is 2.81. The summed E-state index contributed by atoms with van der Waals surface area (Å²) in [6.07, 6.45) is 9.56. The zero-order chi connectivity index (χ0) is 25.2. The Morgan fingerprint density at radius 2 is 1.75 bits per heavy atom. The maximum Gasteiger partial charge on any atom is 0.251 e. The highest BCUT2D eigenvalue weighted by molar-refractivity contribution is 6.02. The summed E-state index contributed by atoms with van der Waals surface area (Å²) < 4.78 is 0. The number of fused-ring (bicyclic) bond motifs is 2. The van der Waals surface area contributed by atoms with E-state index in [9.17, 15) is 14.4 Å². The van der Waals surface area contributed by atoms with Crippen molar-refractivity contribution in [3.8, 4) is 0 Å². The standard InChI is InChI=1S/C28H35N5O3/c1-2-3-12-30-24-13-18(6-10-23(24)27(29)35)28(36)32-20-14-21-8-9-22(15-20)33(21)25-11-7-19(16-31-25)26(34)17-4-5-17/h6-7,10-11,13,16-17,20-22,30H,2-5,8-9,12,14-15H2,1H3,(H2,29,35)(H,32,36)/t20?,21-,22+. The number of nitrogens with one attached hydrogen (secondary N) is 2. The van der Waals surface area contributed by atoms with E-state index in [1.54, 1.807) is 24.4 Å². The SMILES string of the molecule is CCCCNc1cc(C(=O)NC2C[C@H]3CC[C@@H](C2)N3c2ccc(C(=O)C3CC3)cn2)ccc1C(N)=O. The number of nitrogens with zero attached hydrogens (tertiary/aromatic N) is 2. The molecule has 2 amide bonds. The number of unbranched alkanes of at least 4 members (excludes halogenated alkanes) is 1. The van der Waals surface area contributed by atoms with Crippen molar-refractivity contribution in [3.63, 3.8) is 0 Å². The number of hydrogen-bond donors (Lipinski definition) is 3. The fourth-order valence-corrected chi connectivity index (χ4v) is 5.65. The van der Waals surface area contributed by atoms with Gasteiger partial charge in [0.15, 0.2) is 5.78 Å². The van der Waals surface area contributed by atoms with E-state index in [2.05, 4.69) is 27.4 Å². The van der Waals surface area contributed by atoms with Crippen molar-refractivity contribution in [3.05, 3.63) is 53.2 Å². The molecule has 2 aliphatic heterocycles. The van der Waals surface area contributed by atoms with Crippen molar-refractivity contribution in [1.29, 1.82) is 0 Å². The van der Waals surface area contributed by atoms with Gasteiger partial charge in [-0.2, -0.15) is 0 Å². The molecular weight excluding hydrogens is 454 g/mol. The van der Waals surface area contributed by atoms with Gasteiger partial charge < -0.3 is 21.3 Å². The number of Topliss-reactive ketones (excluding diaryl/α,β-unsaturated/α-hetero) is 1. The summed E-state index contributed by atoms with van der Waals surface area (Å²) in [7, 11) is 0. The van der Waals surface area contributed by atoms with Gasteiger partial charge in [0.05, 0.1) is 5.56 Å². The molecule has 1 aromatic carbocycles. The molecule has 8 heteroatoms. The van der Waals surface area contributed by atoms with Crippen LogP contribution in [0.2, 0.25) is 0 Å². The Labute approximate surface area is 212 Å². The summed E-state index contributed by atoms with van der Waals surface area (Å²) in [5.41, 5.74) is 7.76. The molecule has 1 unspecified atom stereocenters. The normalized spacial score (nSPS) is 22.8. The van der Waals surface area contributed by atoms with E-state index in [4.69, 9.17) is 5.73 Å². The number of benzene rings is 1. The number of carbonyl (C=O) groups is 3. The highest BCUT2D eigenvalue weighted by Crippen LogP contribution is 2.39. The summed E-state index contributed by atoms with van der Waals surface area (Å²) in [4.78, 5) is 44.3. The van der Waals surface area contributed by atoms with Crippen LogP contribution in [0.4, 0.5) is 11.5 Å². The largest absolute Gasteiger partial charge is 0.384 e. The Bertz CT molecular complexity index is 1130. The Morgan fingerprint density at radius 1 is 1.03 bits per heavy atom. The summed E-state index contributed by atoms with van der Waals surface area (Å²) in [5, 5.41) is 6.47. The van der Waals surface area contributed by atoms with E-state index < -0.39 is 5.91 Å². The lowest BCUT2D eigenvalue weighted by Gasteiger charge is -2.40. The van der Waals surface area contributed by atoms with Crippen molar-refractivity contribution in [2.45, 2.75) is 76.4 Å².